The van der Waals surface area contributed by atoms with E-state index in [1.807, 2.05) is 30.0 Å². The van der Waals surface area contributed by atoms with E-state index in [-0.39, 0.29) is 12.7 Å². The molecule has 4 nitrogen and oxygen atoms in total. The molecule has 0 bridgehead atoms. The lowest BCUT2D eigenvalue weighted by Gasteiger charge is -2.19. The lowest BCUT2D eigenvalue weighted by Crippen LogP contribution is -2.30. The van der Waals surface area contributed by atoms with Crippen molar-refractivity contribution in [2.75, 3.05) is 19.9 Å². The molecule has 0 aromatic heterocycles. The molecule has 0 atom stereocenters. The van der Waals surface area contributed by atoms with Crippen molar-refractivity contribution in [1.29, 1.82) is 0 Å². The van der Waals surface area contributed by atoms with Gasteiger partial charge in [-0.3, -0.25) is 4.79 Å². The Bertz CT molecular complexity index is 417. The second-order valence-corrected chi connectivity index (χ2v) is 4.00. The van der Waals surface area contributed by atoms with Gasteiger partial charge in [0.05, 0.1) is 0 Å². The molecule has 17 heavy (non-hydrogen) atoms. The van der Waals surface area contributed by atoms with Crippen molar-refractivity contribution in [2.24, 2.45) is 0 Å². The molecule has 1 aromatic rings. The number of ether oxygens (including phenoxy) is 2. The van der Waals surface area contributed by atoms with Crippen LogP contribution in [-0.2, 0) is 11.2 Å². The fourth-order valence-electron chi connectivity index (χ4n) is 1.98. The summed E-state index contributed by atoms with van der Waals surface area (Å²) in [5, 5.41) is 0. The molecule has 0 spiro atoms. The molecule has 2 rings (SSSR count). The molecule has 0 N–H and O–H groups in total. The van der Waals surface area contributed by atoms with Crippen LogP contribution in [0, 0.1) is 0 Å². The van der Waals surface area contributed by atoms with Crippen molar-refractivity contribution in [3.05, 3.63) is 23.8 Å². The van der Waals surface area contributed by atoms with E-state index in [0.717, 1.165) is 30.0 Å². The first-order chi connectivity index (χ1) is 8.22. The first kappa shape index (κ1) is 11.8. The molecule has 0 saturated heterocycles. The number of likely N-dealkylation sites (N-methyl/N-ethyl adjacent to an activating group) is 1. The molecule has 1 aliphatic rings. The number of carbonyl (C=O) groups is 1. The van der Waals surface area contributed by atoms with Crippen LogP contribution in [0.5, 0.6) is 11.5 Å². The fraction of sp³-hybridized carbons (Fsp3) is 0.462. The fourth-order valence-corrected chi connectivity index (χ4v) is 1.98. The molecule has 1 amide bonds. The molecular formula is C13H17NO3. The van der Waals surface area contributed by atoms with Gasteiger partial charge in [0.1, 0.15) is 0 Å². The Morgan fingerprint density at radius 1 is 1.41 bits per heavy atom. The van der Waals surface area contributed by atoms with E-state index in [0.29, 0.717) is 6.54 Å². The standard InChI is InChI=1S/C13H17NO3/c1-3-14(10(2)15)8-7-11-5-4-6-12-13(11)17-9-16-12/h4-6H,3,7-9H2,1-2H3. The second-order valence-electron chi connectivity index (χ2n) is 4.00. The van der Waals surface area contributed by atoms with Crippen LogP contribution in [0.4, 0.5) is 0 Å². The zero-order valence-corrected chi connectivity index (χ0v) is 10.2. The van der Waals surface area contributed by atoms with Crippen LogP contribution in [0.15, 0.2) is 18.2 Å². The molecule has 0 saturated carbocycles. The van der Waals surface area contributed by atoms with Crippen molar-refractivity contribution in [3.8, 4) is 11.5 Å². The van der Waals surface area contributed by atoms with Gasteiger partial charge < -0.3 is 14.4 Å². The number of amides is 1. The van der Waals surface area contributed by atoms with E-state index in [1.54, 1.807) is 6.92 Å². The Morgan fingerprint density at radius 3 is 2.94 bits per heavy atom. The van der Waals surface area contributed by atoms with Crippen LogP contribution in [-0.4, -0.2) is 30.7 Å². The second kappa shape index (κ2) is 5.08. The third kappa shape index (κ3) is 2.52. The van der Waals surface area contributed by atoms with Gasteiger partial charge in [0, 0.05) is 20.0 Å². The van der Waals surface area contributed by atoms with E-state index in [4.69, 9.17) is 9.47 Å². The third-order valence-corrected chi connectivity index (χ3v) is 2.96. The molecule has 1 heterocycles. The minimum absolute atomic E-state index is 0.109. The number of para-hydroxylation sites is 1. The first-order valence-electron chi connectivity index (χ1n) is 5.85. The van der Waals surface area contributed by atoms with Crippen LogP contribution < -0.4 is 9.47 Å². The largest absolute Gasteiger partial charge is 0.454 e. The summed E-state index contributed by atoms with van der Waals surface area (Å²) in [6.45, 7) is 5.32. The van der Waals surface area contributed by atoms with Crippen LogP contribution in [0.2, 0.25) is 0 Å². The van der Waals surface area contributed by atoms with E-state index in [1.165, 1.54) is 0 Å². The van der Waals surface area contributed by atoms with Gasteiger partial charge >= 0.3 is 0 Å². The Morgan fingerprint density at radius 2 is 2.24 bits per heavy atom. The summed E-state index contributed by atoms with van der Waals surface area (Å²) >= 11 is 0. The topological polar surface area (TPSA) is 38.8 Å². The molecule has 92 valence electrons. The highest BCUT2D eigenvalue weighted by Gasteiger charge is 2.17. The molecule has 0 aliphatic carbocycles. The van der Waals surface area contributed by atoms with Gasteiger partial charge in [0.25, 0.3) is 0 Å². The number of hydrogen-bond acceptors (Lipinski definition) is 3. The van der Waals surface area contributed by atoms with Gasteiger partial charge in [-0.1, -0.05) is 12.1 Å². The van der Waals surface area contributed by atoms with Crippen molar-refractivity contribution in [2.45, 2.75) is 20.3 Å². The number of fused-ring (bicyclic) bond motifs is 1. The molecular weight excluding hydrogens is 218 g/mol. The lowest BCUT2D eigenvalue weighted by molar-refractivity contribution is -0.128. The number of nitrogens with zero attached hydrogens (tertiary/aromatic N) is 1. The molecule has 1 aliphatic heterocycles. The van der Waals surface area contributed by atoms with Crippen LogP contribution in [0.25, 0.3) is 0 Å². The van der Waals surface area contributed by atoms with Crippen LogP contribution in [0.1, 0.15) is 19.4 Å². The number of benzene rings is 1. The van der Waals surface area contributed by atoms with E-state index in [2.05, 4.69) is 0 Å². The highest BCUT2D eigenvalue weighted by Crippen LogP contribution is 2.35. The van der Waals surface area contributed by atoms with Gasteiger partial charge in [0.15, 0.2) is 11.5 Å². The maximum absolute atomic E-state index is 11.3. The summed E-state index contributed by atoms with van der Waals surface area (Å²) in [4.78, 5) is 13.1. The summed E-state index contributed by atoms with van der Waals surface area (Å²) in [5.74, 6) is 1.73. The normalized spacial score (nSPS) is 12.6. The minimum atomic E-state index is 0.109. The molecule has 4 heteroatoms. The van der Waals surface area contributed by atoms with Crippen molar-refractivity contribution in [1.82, 2.24) is 4.90 Å². The van der Waals surface area contributed by atoms with Gasteiger partial charge in [-0.15, -0.1) is 0 Å². The molecule has 0 fully saturated rings. The molecule has 0 unspecified atom stereocenters. The Kier molecular flexibility index (Phi) is 3.52. The van der Waals surface area contributed by atoms with Gasteiger partial charge in [-0.2, -0.15) is 0 Å². The predicted octanol–water partition coefficient (Wildman–Crippen LogP) is 1.83. The monoisotopic (exact) mass is 235 g/mol. The molecule has 0 radical (unpaired) electrons. The zero-order valence-electron chi connectivity index (χ0n) is 10.2. The van der Waals surface area contributed by atoms with E-state index >= 15 is 0 Å². The Balaban J connectivity index is 2.04. The highest BCUT2D eigenvalue weighted by molar-refractivity contribution is 5.73. The lowest BCUT2D eigenvalue weighted by atomic mass is 10.1. The van der Waals surface area contributed by atoms with Gasteiger partial charge in [-0.25, -0.2) is 0 Å². The van der Waals surface area contributed by atoms with Crippen LogP contribution >= 0.6 is 0 Å². The van der Waals surface area contributed by atoms with E-state index < -0.39 is 0 Å². The summed E-state index contributed by atoms with van der Waals surface area (Å²) in [5.41, 5.74) is 1.10. The first-order valence-corrected chi connectivity index (χ1v) is 5.85. The Labute approximate surface area is 101 Å². The SMILES string of the molecule is CCN(CCc1cccc2c1OCO2)C(C)=O. The van der Waals surface area contributed by atoms with Crippen molar-refractivity contribution in [3.63, 3.8) is 0 Å². The number of carbonyl (C=O) groups excluding carboxylic acids is 1. The van der Waals surface area contributed by atoms with Crippen molar-refractivity contribution >= 4 is 5.91 Å². The summed E-state index contributed by atoms with van der Waals surface area (Å²) in [6, 6.07) is 5.86. The predicted molar refractivity (Wildman–Crippen MR) is 64.2 cm³/mol. The molecule has 1 aromatic carbocycles. The maximum Gasteiger partial charge on any atom is 0.231 e. The minimum Gasteiger partial charge on any atom is -0.454 e. The zero-order chi connectivity index (χ0) is 12.3. The average molecular weight is 235 g/mol. The van der Waals surface area contributed by atoms with Crippen LogP contribution in [0.3, 0.4) is 0 Å². The van der Waals surface area contributed by atoms with Crippen molar-refractivity contribution < 1.29 is 14.3 Å². The van der Waals surface area contributed by atoms with Gasteiger partial charge in [0.2, 0.25) is 12.7 Å². The number of rotatable bonds is 4. The summed E-state index contributed by atoms with van der Waals surface area (Å²) < 4.78 is 10.7. The Hall–Kier alpha value is -1.71. The third-order valence-electron chi connectivity index (χ3n) is 2.96. The quantitative estimate of drug-likeness (QED) is 0.799. The summed E-state index contributed by atoms with van der Waals surface area (Å²) in [7, 11) is 0. The van der Waals surface area contributed by atoms with E-state index in [9.17, 15) is 4.79 Å². The summed E-state index contributed by atoms with van der Waals surface area (Å²) in [6.07, 6.45) is 0.792. The number of hydrogen-bond donors (Lipinski definition) is 0. The smallest absolute Gasteiger partial charge is 0.231 e. The highest BCUT2D eigenvalue weighted by atomic mass is 16.7. The van der Waals surface area contributed by atoms with Gasteiger partial charge in [-0.05, 0) is 25.0 Å². The average Bonchev–Trinajstić information content (AvgIpc) is 2.78. The maximum atomic E-state index is 11.3.